The van der Waals surface area contributed by atoms with Crippen molar-refractivity contribution in [1.82, 2.24) is 5.32 Å². The molecule has 1 saturated heterocycles. The van der Waals surface area contributed by atoms with E-state index in [4.69, 9.17) is 11.6 Å². The molecule has 1 aliphatic carbocycles. The minimum absolute atomic E-state index is 0.181. The Bertz CT molecular complexity index is 183. The molecular weight excluding hydrogens is 162 g/mol. The smallest absolute Gasteiger partial charge is 0.220 e. The zero-order chi connectivity index (χ0) is 7.84. The number of nitrogens with one attached hydrogen (secondary N) is 1. The van der Waals surface area contributed by atoms with Crippen LogP contribution in [-0.4, -0.2) is 17.3 Å². The molecule has 3 heteroatoms. The molecule has 1 aliphatic heterocycles. The molecule has 0 aromatic carbocycles. The van der Waals surface area contributed by atoms with Crippen molar-refractivity contribution in [2.75, 3.05) is 0 Å². The molecule has 1 amide bonds. The molecule has 0 aromatic heterocycles. The second-order valence-corrected chi connectivity index (χ2v) is 4.06. The van der Waals surface area contributed by atoms with Crippen LogP contribution in [-0.2, 0) is 4.79 Å². The van der Waals surface area contributed by atoms with Crippen molar-refractivity contribution in [2.45, 2.75) is 37.1 Å². The molecule has 1 heterocycles. The lowest BCUT2D eigenvalue weighted by molar-refractivity contribution is -0.119. The third-order valence-corrected chi connectivity index (χ3v) is 3.22. The quantitative estimate of drug-likeness (QED) is 0.550. The summed E-state index contributed by atoms with van der Waals surface area (Å²) in [6, 6.07) is 0.276. The van der Waals surface area contributed by atoms with Crippen LogP contribution in [0.1, 0.15) is 25.7 Å². The van der Waals surface area contributed by atoms with E-state index >= 15 is 0 Å². The Labute approximate surface area is 71.3 Å². The van der Waals surface area contributed by atoms with Crippen molar-refractivity contribution in [1.29, 1.82) is 0 Å². The Morgan fingerprint density at radius 1 is 1.45 bits per heavy atom. The monoisotopic (exact) mass is 173 g/mol. The van der Waals surface area contributed by atoms with Crippen molar-refractivity contribution in [3.63, 3.8) is 0 Å². The van der Waals surface area contributed by atoms with E-state index in [0.717, 1.165) is 6.42 Å². The van der Waals surface area contributed by atoms with Gasteiger partial charge in [-0.15, -0.1) is 11.6 Å². The predicted molar refractivity (Wildman–Crippen MR) is 43.5 cm³/mol. The number of alkyl halides is 1. The van der Waals surface area contributed by atoms with Gasteiger partial charge in [-0.3, -0.25) is 4.79 Å². The average Bonchev–Trinajstić information content (AvgIpc) is 2.31. The fourth-order valence-corrected chi connectivity index (χ4v) is 2.57. The van der Waals surface area contributed by atoms with Gasteiger partial charge in [0, 0.05) is 12.5 Å². The minimum atomic E-state index is 0.181. The molecule has 0 radical (unpaired) electrons. The molecule has 0 aromatic rings. The summed E-state index contributed by atoms with van der Waals surface area (Å²) in [5.74, 6) is 0.714. The van der Waals surface area contributed by atoms with Crippen LogP contribution in [0.3, 0.4) is 0 Å². The Morgan fingerprint density at radius 3 is 3.00 bits per heavy atom. The summed E-state index contributed by atoms with van der Waals surface area (Å²) in [7, 11) is 0. The number of hydrogen-bond donors (Lipinski definition) is 1. The number of amides is 1. The highest BCUT2D eigenvalue weighted by Gasteiger charge is 2.38. The van der Waals surface area contributed by atoms with Gasteiger partial charge in [0.2, 0.25) is 5.91 Å². The molecule has 0 spiro atoms. The number of rotatable bonds is 0. The normalized spacial score (nSPS) is 43.4. The van der Waals surface area contributed by atoms with E-state index in [2.05, 4.69) is 5.32 Å². The summed E-state index contributed by atoms with van der Waals surface area (Å²) in [4.78, 5) is 11.0. The van der Waals surface area contributed by atoms with Crippen LogP contribution in [0.15, 0.2) is 0 Å². The summed E-state index contributed by atoms with van der Waals surface area (Å²) in [6.45, 7) is 0. The Kier molecular flexibility index (Phi) is 1.80. The van der Waals surface area contributed by atoms with Gasteiger partial charge >= 0.3 is 0 Å². The van der Waals surface area contributed by atoms with Crippen molar-refractivity contribution in [2.24, 2.45) is 5.92 Å². The number of fused-ring (bicyclic) bond motifs is 1. The van der Waals surface area contributed by atoms with Crippen LogP contribution in [0.2, 0.25) is 0 Å². The largest absolute Gasteiger partial charge is 0.352 e. The number of halogens is 1. The fourth-order valence-electron chi connectivity index (χ4n) is 2.15. The Hall–Kier alpha value is -0.240. The summed E-state index contributed by atoms with van der Waals surface area (Å²) in [6.07, 6.45) is 4.12. The van der Waals surface area contributed by atoms with Gasteiger partial charge in [-0.05, 0) is 18.8 Å². The van der Waals surface area contributed by atoms with Crippen LogP contribution >= 0.6 is 11.6 Å². The van der Waals surface area contributed by atoms with E-state index in [0.29, 0.717) is 12.3 Å². The molecule has 2 fully saturated rings. The summed E-state index contributed by atoms with van der Waals surface area (Å²) >= 11 is 6.07. The molecule has 1 N–H and O–H groups in total. The van der Waals surface area contributed by atoms with Gasteiger partial charge in [-0.25, -0.2) is 0 Å². The van der Waals surface area contributed by atoms with Crippen LogP contribution in [0.5, 0.6) is 0 Å². The van der Waals surface area contributed by atoms with E-state index in [1.165, 1.54) is 12.8 Å². The number of carbonyl (C=O) groups is 1. The highest BCUT2D eigenvalue weighted by molar-refractivity contribution is 6.21. The Balaban J connectivity index is 2.09. The van der Waals surface area contributed by atoms with Crippen molar-refractivity contribution >= 4 is 17.5 Å². The highest BCUT2D eigenvalue weighted by atomic mass is 35.5. The molecule has 0 bridgehead atoms. The molecular formula is C8H12ClNO. The second-order valence-electron chi connectivity index (χ2n) is 3.50. The maximum Gasteiger partial charge on any atom is 0.220 e. The van der Waals surface area contributed by atoms with Gasteiger partial charge in [-0.1, -0.05) is 6.42 Å². The van der Waals surface area contributed by atoms with Crippen molar-refractivity contribution in [3.05, 3.63) is 0 Å². The van der Waals surface area contributed by atoms with Gasteiger partial charge in [-0.2, -0.15) is 0 Å². The maximum absolute atomic E-state index is 11.0. The number of hydrogen-bond acceptors (Lipinski definition) is 1. The molecule has 2 nitrogen and oxygen atoms in total. The first-order valence-electron chi connectivity index (χ1n) is 4.21. The molecule has 0 unspecified atom stereocenters. The average molecular weight is 174 g/mol. The second kappa shape index (κ2) is 2.67. The molecule has 2 rings (SSSR count). The van der Waals surface area contributed by atoms with Gasteiger partial charge in [0.15, 0.2) is 0 Å². The molecule has 3 atom stereocenters. The molecule has 11 heavy (non-hydrogen) atoms. The molecule has 2 aliphatic rings. The van der Waals surface area contributed by atoms with Crippen LogP contribution < -0.4 is 5.32 Å². The first-order chi connectivity index (χ1) is 5.27. The Morgan fingerprint density at radius 2 is 2.27 bits per heavy atom. The van der Waals surface area contributed by atoms with E-state index in [1.54, 1.807) is 0 Å². The zero-order valence-electron chi connectivity index (χ0n) is 6.35. The third kappa shape index (κ3) is 1.24. The van der Waals surface area contributed by atoms with E-state index in [1.807, 2.05) is 0 Å². The zero-order valence-corrected chi connectivity index (χ0v) is 7.10. The topological polar surface area (TPSA) is 29.1 Å². The summed E-state index contributed by atoms with van der Waals surface area (Å²) in [5.41, 5.74) is 0. The standard InChI is InChI=1S/C8H12ClNO/c9-6-3-1-2-5-4-7(11)10-8(5)6/h5-6,8H,1-4H2,(H,10,11)/t5-,6-,8+/m1/s1. The predicted octanol–water partition coefficient (Wildman–Crippen LogP) is 1.28. The lowest BCUT2D eigenvalue weighted by atomic mass is 9.85. The lowest BCUT2D eigenvalue weighted by Gasteiger charge is -2.28. The molecule has 1 saturated carbocycles. The highest BCUT2D eigenvalue weighted by Crippen LogP contribution is 2.33. The SMILES string of the molecule is O=C1C[C@H]2CCC[C@@H](Cl)[C@H]2N1. The van der Waals surface area contributed by atoms with Gasteiger partial charge in [0.25, 0.3) is 0 Å². The van der Waals surface area contributed by atoms with Crippen LogP contribution in [0.4, 0.5) is 0 Å². The van der Waals surface area contributed by atoms with Gasteiger partial charge < -0.3 is 5.32 Å². The third-order valence-electron chi connectivity index (χ3n) is 2.73. The van der Waals surface area contributed by atoms with Crippen LogP contribution in [0.25, 0.3) is 0 Å². The lowest BCUT2D eigenvalue weighted by Crippen LogP contribution is -2.39. The van der Waals surface area contributed by atoms with E-state index < -0.39 is 0 Å². The summed E-state index contributed by atoms with van der Waals surface area (Å²) < 4.78 is 0. The van der Waals surface area contributed by atoms with Gasteiger partial charge in [0.1, 0.15) is 0 Å². The van der Waals surface area contributed by atoms with E-state index in [-0.39, 0.29) is 17.3 Å². The van der Waals surface area contributed by atoms with Crippen molar-refractivity contribution < 1.29 is 4.79 Å². The van der Waals surface area contributed by atoms with Gasteiger partial charge in [0.05, 0.1) is 5.38 Å². The minimum Gasteiger partial charge on any atom is -0.352 e. The summed E-state index contributed by atoms with van der Waals surface area (Å²) in [5, 5.41) is 3.12. The first kappa shape index (κ1) is 7.41. The molecule has 62 valence electrons. The van der Waals surface area contributed by atoms with E-state index in [9.17, 15) is 4.79 Å². The van der Waals surface area contributed by atoms with Crippen LogP contribution in [0, 0.1) is 5.92 Å². The number of carbonyl (C=O) groups excluding carboxylic acids is 1. The first-order valence-corrected chi connectivity index (χ1v) is 4.64. The maximum atomic E-state index is 11.0. The van der Waals surface area contributed by atoms with Crippen molar-refractivity contribution in [3.8, 4) is 0 Å². The fraction of sp³-hybridized carbons (Fsp3) is 0.875.